The van der Waals surface area contributed by atoms with E-state index in [1.165, 1.54) is 0 Å². The number of anilines is 2. The van der Waals surface area contributed by atoms with Crippen LogP contribution >= 0.6 is 11.6 Å². The van der Waals surface area contributed by atoms with Crippen LogP contribution in [0.25, 0.3) is 0 Å². The number of nitrogens with two attached hydrogens (primary N) is 1. The van der Waals surface area contributed by atoms with E-state index in [0.29, 0.717) is 23.1 Å². The highest BCUT2D eigenvalue weighted by Gasteiger charge is 2.16. The lowest BCUT2D eigenvalue weighted by molar-refractivity contribution is 0.0343. The van der Waals surface area contributed by atoms with Crippen LogP contribution < -0.4 is 11.1 Å². The van der Waals surface area contributed by atoms with Crippen molar-refractivity contribution in [1.29, 1.82) is 0 Å². The van der Waals surface area contributed by atoms with Gasteiger partial charge in [0, 0.05) is 13.7 Å². The van der Waals surface area contributed by atoms with E-state index in [1.807, 2.05) is 13.8 Å². The molecule has 1 aromatic heterocycles. The molecule has 0 aliphatic heterocycles. The zero-order valence-corrected chi connectivity index (χ0v) is 9.93. The fourth-order valence-electron chi connectivity index (χ4n) is 0.952. The zero-order valence-electron chi connectivity index (χ0n) is 9.17. The van der Waals surface area contributed by atoms with Gasteiger partial charge in [0.05, 0.1) is 22.5 Å². The van der Waals surface area contributed by atoms with Gasteiger partial charge in [-0.3, -0.25) is 0 Å². The highest BCUT2D eigenvalue weighted by Crippen LogP contribution is 2.21. The first-order valence-electron chi connectivity index (χ1n) is 4.64. The van der Waals surface area contributed by atoms with Gasteiger partial charge in [-0.2, -0.15) is 0 Å². The van der Waals surface area contributed by atoms with Crippen LogP contribution in [-0.4, -0.2) is 24.2 Å². The molecule has 0 aliphatic rings. The second-order valence-electron chi connectivity index (χ2n) is 3.92. The Labute approximate surface area is 94.8 Å². The Morgan fingerprint density at radius 3 is 2.80 bits per heavy atom. The van der Waals surface area contributed by atoms with Crippen LogP contribution in [0.5, 0.6) is 0 Å². The molecule has 5 heteroatoms. The Balaban J connectivity index is 2.66. The van der Waals surface area contributed by atoms with Crippen molar-refractivity contribution in [3.05, 3.63) is 17.3 Å². The largest absolute Gasteiger partial charge is 0.397 e. The van der Waals surface area contributed by atoms with Crippen LogP contribution in [0, 0.1) is 0 Å². The van der Waals surface area contributed by atoms with E-state index in [-0.39, 0.29) is 5.60 Å². The van der Waals surface area contributed by atoms with Gasteiger partial charge in [0.25, 0.3) is 0 Å². The van der Waals surface area contributed by atoms with E-state index in [2.05, 4.69) is 10.3 Å². The van der Waals surface area contributed by atoms with Crippen molar-refractivity contribution in [1.82, 2.24) is 4.98 Å². The summed E-state index contributed by atoms with van der Waals surface area (Å²) in [5.41, 5.74) is 5.83. The molecular formula is C10H16ClN3O. The highest BCUT2D eigenvalue weighted by molar-refractivity contribution is 6.33. The van der Waals surface area contributed by atoms with Crippen LogP contribution in [0.2, 0.25) is 5.02 Å². The van der Waals surface area contributed by atoms with Crippen molar-refractivity contribution in [2.75, 3.05) is 24.7 Å². The minimum absolute atomic E-state index is 0.258. The number of hydrogen-bond donors (Lipinski definition) is 2. The van der Waals surface area contributed by atoms with E-state index in [0.717, 1.165) is 0 Å². The molecule has 4 nitrogen and oxygen atoms in total. The summed E-state index contributed by atoms with van der Waals surface area (Å²) >= 11 is 5.96. The second-order valence-corrected chi connectivity index (χ2v) is 4.32. The molecule has 1 aromatic rings. The molecule has 15 heavy (non-hydrogen) atoms. The van der Waals surface area contributed by atoms with Gasteiger partial charge in [0.1, 0.15) is 5.82 Å². The molecule has 1 heterocycles. The fraction of sp³-hybridized carbons (Fsp3) is 0.500. The minimum Gasteiger partial charge on any atom is -0.397 e. The molecule has 3 N–H and O–H groups in total. The predicted molar refractivity (Wildman–Crippen MR) is 63.2 cm³/mol. The summed E-state index contributed by atoms with van der Waals surface area (Å²) < 4.78 is 5.26. The Bertz CT molecular complexity index is 341. The summed E-state index contributed by atoms with van der Waals surface area (Å²) in [6.07, 6.45) is 1.56. The molecule has 0 unspecified atom stereocenters. The number of halogens is 1. The SMILES string of the molecule is COC(C)(C)CNc1ncc(N)cc1Cl. The Kier molecular flexibility index (Phi) is 3.77. The Morgan fingerprint density at radius 2 is 2.27 bits per heavy atom. The number of aromatic nitrogens is 1. The van der Waals surface area contributed by atoms with Crippen molar-refractivity contribution < 1.29 is 4.74 Å². The van der Waals surface area contributed by atoms with Gasteiger partial charge in [-0.05, 0) is 19.9 Å². The van der Waals surface area contributed by atoms with Gasteiger partial charge in [-0.25, -0.2) is 4.98 Å². The molecule has 0 amide bonds. The van der Waals surface area contributed by atoms with Crippen molar-refractivity contribution in [2.45, 2.75) is 19.4 Å². The first-order chi connectivity index (χ1) is 6.94. The van der Waals surface area contributed by atoms with Crippen molar-refractivity contribution in [3.63, 3.8) is 0 Å². The maximum atomic E-state index is 5.96. The lowest BCUT2D eigenvalue weighted by Gasteiger charge is -2.23. The zero-order chi connectivity index (χ0) is 11.5. The first kappa shape index (κ1) is 12.1. The van der Waals surface area contributed by atoms with Gasteiger partial charge in [0.2, 0.25) is 0 Å². The molecule has 84 valence electrons. The van der Waals surface area contributed by atoms with Crippen molar-refractivity contribution in [2.24, 2.45) is 0 Å². The molecule has 0 spiro atoms. The summed E-state index contributed by atoms with van der Waals surface area (Å²) in [6, 6.07) is 1.66. The molecule has 0 radical (unpaired) electrons. The maximum absolute atomic E-state index is 5.96. The number of nitrogen functional groups attached to an aromatic ring is 1. The maximum Gasteiger partial charge on any atom is 0.145 e. The van der Waals surface area contributed by atoms with Gasteiger partial charge < -0.3 is 15.8 Å². The number of nitrogens with one attached hydrogen (secondary N) is 1. The predicted octanol–water partition coefficient (Wildman–Crippen LogP) is 2.15. The van der Waals surface area contributed by atoms with E-state index < -0.39 is 0 Å². The molecule has 0 saturated carbocycles. The fourth-order valence-corrected chi connectivity index (χ4v) is 1.19. The Hall–Kier alpha value is -1.00. The Morgan fingerprint density at radius 1 is 1.60 bits per heavy atom. The van der Waals surface area contributed by atoms with Crippen LogP contribution in [0.4, 0.5) is 11.5 Å². The first-order valence-corrected chi connectivity index (χ1v) is 5.02. The summed E-state index contributed by atoms with van der Waals surface area (Å²) in [5.74, 6) is 0.621. The summed E-state index contributed by atoms with van der Waals surface area (Å²) in [6.45, 7) is 4.58. The number of nitrogens with zero attached hydrogens (tertiary/aromatic N) is 1. The number of ether oxygens (including phenoxy) is 1. The summed E-state index contributed by atoms with van der Waals surface area (Å²) in [5, 5.41) is 3.62. The van der Waals surface area contributed by atoms with E-state index in [1.54, 1.807) is 19.4 Å². The standard InChI is InChI=1S/C10H16ClN3O/c1-10(2,15-3)6-14-9-8(11)4-7(12)5-13-9/h4-5H,6,12H2,1-3H3,(H,13,14). The minimum atomic E-state index is -0.258. The normalized spacial score (nSPS) is 11.5. The van der Waals surface area contributed by atoms with Gasteiger partial charge in [-0.15, -0.1) is 0 Å². The van der Waals surface area contributed by atoms with E-state index >= 15 is 0 Å². The smallest absolute Gasteiger partial charge is 0.145 e. The number of hydrogen-bond acceptors (Lipinski definition) is 4. The third-order valence-corrected chi connectivity index (χ3v) is 2.38. The molecule has 0 fully saturated rings. The molecule has 0 bridgehead atoms. The molecule has 0 atom stereocenters. The molecule has 1 rings (SSSR count). The number of methoxy groups -OCH3 is 1. The van der Waals surface area contributed by atoms with Crippen LogP contribution in [-0.2, 0) is 4.74 Å². The molecule has 0 saturated heterocycles. The highest BCUT2D eigenvalue weighted by atomic mass is 35.5. The molecular weight excluding hydrogens is 214 g/mol. The topological polar surface area (TPSA) is 60.2 Å². The average Bonchev–Trinajstić information content (AvgIpc) is 2.16. The summed E-state index contributed by atoms with van der Waals surface area (Å²) in [7, 11) is 1.67. The van der Waals surface area contributed by atoms with Gasteiger partial charge in [0.15, 0.2) is 0 Å². The van der Waals surface area contributed by atoms with Gasteiger partial charge in [-0.1, -0.05) is 11.6 Å². The van der Waals surface area contributed by atoms with Crippen LogP contribution in [0.3, 0.4) is 0 Å². The van der Waals surface area contributed by atoms with Crippen molar-refractivity contribution in [3.8, 4) is 0 Å². The summed E-state index contributed by atoms with van der Waals surface area (Å²) in [4.78, 5) is 4.09. The number of rotatable bonds is 4. The monoisotopic (exact) mass is 229 g/mol. The lowest BCUT2D eigenvalue weighted by atomic mass is 10.1. The average molecular weight is 230 g/mol. The molecule has 0 aliphatic carbocycles. The lowest BCUT2D eigenvalue weighted by Crippen LogP contribution is -2.32. The third kappa shape index (κ3) is 3.57. The van der Waals surface area contributed by atoms with E-state index in [9.17, 15) is 0 Å². The van der Waals surface area contributed by atoms with Crippen LogP contribution in [0.1, 0.15) is 13.8 Å². The van der Waals surface area contributed by atoms with Crippen LogP contribution in [0.15, 0.2) is 12.3 Å². The van der Waals surface area contributed by atoms with Crippen molar-refractivity contribution >= 4 is 23.1 Å². The second kappa shape index (κ2) is 4.68. The molecule has 0 aromatic carbocycles. The third-order valence-electron chi connectivity index (χ3n) is 2.10. The van der Waals surface area contributed by atoms with Gasteiger partial charge >= 0.3 is 0 Å². The number of pyridine rings is 1. The van der Waals surface area contributed by atoms with E-state index in [4.69, 9.17) is 22.1 Å². The quantitative estimate of drug-likeness (QED) is 0.831.